The zero-order valence-electron chi connectivity index (χ0n) is 16.9. The number of carbonyl (C=O) groups excluding carboxylic acids is 2. The first kappa shape index (κ1) is 21.1. The lowest BCUT2D eigenvalue weighted by molar-refractivity contribution is 0.132. The number of hydrogen-bond donors (Lipinski definition) is 1. The van der Waals surface area contributed by atoms with Gasteiger partial charge in [0.1, 0.15) is 11.8 Å². The van der Waals surface area contributed by atoms with E-state index < -0.39 is 29.9 Å². The Balaban J connectivity index is 1.79. The fourth-order valence-corrected chi connectivity index (χ4v) is 4.15. The summed E-state index contributed by atoms with van der Waals surface area (Å²) >= 11 is 0. The summed E-state index contributed by atoms with van der Waals surface area (Å²) in [7, 11) is 1.22. The molecule has 1 N–H and O–H groups in total. The molecule has 7 nitrogen and oxygen atoms in total. The molecular weight excluding hydrogens is 384 g/mol. The summed E-state index contributed by atoms with van der Waals surface area (Å²) in [4.78, 5) is 26.3. The highest BCUT2D eigenvalue weighted by Gasteiger charge is 2.36. The number of cyclic esters (lactones) is 1. The lowest BCUT2D eigenvalue weighted by atomic mass is 10.1. The van der Waals surface area contributed by atoms with Crippen LogP contribution in [0.2, 0.25) is 0 Å². The van der Waals surface area contributed by atoms with Crippen molar-refractivity contribution < 1.29 is 27.8 Å². The van der Waals surface area contributed by atoms with Gasteiger partial charge < -0.3 is 19.7 Å². The molecule has 1 aromatic carbocycles. The maximum absolute atomic E-state index is 15.0. The molecule has 0 spiro atoms. The molecule has 3 rings (SSSR count). The third-order valence-corrected chi connectivity index (χ3v) is 5.51. The summed E-state index contributed by atoms with van der Waals surface area (Å²) in [5.41, 5.74) is 0.0573. The summed E-state index contributed by atoms with van der Waals surface area (Å²) < 4.78 is 39.6. The van der Waals surface area contributed by atoms with Gasteiger partial charge in [-0.15, -0.1) is 0 Å². The number of nitrogens with one attached hydrogen (secondary N) is 1. The van der Waals surface area contributed by atoms with E-state index in [4.69, 9.17) is 4.74 Å². The Morgan fingerprint density at radius 2 is 2.00 bits per heavy atom. The van der Waals surface area contributed by atoms with Crippen molar-refractivity contribution in [3.05, 3.63) is 23.8 Å². The van der Waals surface area contributed by atoms with Gasteiger partial charge in [0.15, 0.2) is 11.6 Å². The number of anilines is 2. The van der Waals surface area contributed by atoms with E-state index in [0.29, 0.717) is 0 Å². The van der Waals surface area contributed by atoms with Crippen molar-refractivity contribution in [1.29, 1.82) is 0 Å². The molecule has 3 atom stereocenters. The molecule has 2 fully saturated rings. The molecule has 2 unspecified atom stereocenters. The molecule has 2 aliphatic heterocycles. The highest BCUT2D eigenvalue weighted by Crippen LogP contribution is 2.38. The molecule has 0 aliphatic carbocycles. The molecule has 0 saturated carbocycles. The smallest absolute Gasteiger partial charge is 0.414 e. The first-order valence-electron chi connectivity index (χ1n) is 9.93. The maximum atomic E-state index is 15.0. The number of rotatable bonds is 6. The highest BCUT2D eigenvalue weighted by atomic mass is 19.1. The van der Waals surface area contributed by atoms with Crippen LogP contribution in [0, 0.1) is 11.6 Å². The Morgan fingerprint density at radius 3 is 2.62 bits per heavy atom. The molecule has 29 heavy (non-hydrogen) atoms. The van der Waals surface area contributed by atoms with Gasteiger partial charge in [-0.1, -0.05) is 13.3 Å². The summed E-state index contributed by atoms with van der Waals surface area (Å²) in [6.07, 6.45) is 1.60. The number of methoxy groups -OCH3 is 1. The van der Waals surface area contributed by atoms with Crippen LogP contribution in [0.3, 0.4) is 0 Å². The number of alkyl carbamates (subject to hydrolysis) is 1. The van der Waals surface area contributed by atoms with E-state index in [0.717, 1.165) is 30.6 Å². The molecule has 2 heterocycles. The van der Waals surface area contributed by atoms with Gasteiger partial charge >= 0.3 is 12.2 Å². The summed E-state index contributed by atoms with van der Waals surface area (Å²) in [6.45, 7) is 4.14. The molecule has 2 aliphatic rings. The maximum Gasteiger partial charge on any atom is 0.414 e. The van der Waals surface area contributed by atoms with Gasteiger partial charge in [-0.25, -0.2) is 18.4 Å². The Kier molecular flexibility index (Phi) is 6.44. The Bertz CT molecular complexity index is 751. The minimum atomic E-state index is -0.716. The average Bonchev–Trinajstić information content (AvgIpc) is 3.23. The first-order valence-corrected chi connectivity index (χ1v) is 9.93. The van der Waals surface area contributed by atoms with Crippen molar-refractivity contribution in [2.24, 2.45) is 0 Å². The number of carbonyl (C=O) groups is 2. The molecule has 0 bridgehead atoms. The predicted molar refractivity (Wildman–Crippen MR) is 104 cm³/mol. The predicted octanol–water partition coefficient (Wildman–Crippen LogP) is 3.80. The number of ether oxygens (including phenoxy) is 2. The average molecular weight is 411 g/mol. The molecule has 2 saturated heterocycles. The fourth-order valence-electron chi connectivity index (χ4n) is 4.15. The molecular formula is C20H27F2N3O4. The minimum absolute atomic E-state index is 0.0336. The molecule has 160 valence electrons. The summed E-state index contributed by atoms with van der Waals surface area (Å²) in [5.74, 6) is -1.39. The normalized spacial score (nSPS) is 24.0. The highest BCUT2D eigenvalue weighted by molar-refractivity contribution is 5.90. The van der Waals surface area contributed by atoms with Gasteiger partial charge in [0, 0.05) is 24.2 Å². The standard InChI is InChI=1S/C20H27F2N3O4/c1-4-5-13-7-6-12(2)25(13)18-16(21)8-14(9-17(18)22)24-11-15(29-20(24)27)10-23-19(26)28-3/h8-9,12-13,15H,4-7,10-11H2,1-3H3,(H,23,26)/t12?,13?,15-/m0/s1. The van der Waals surface area contributed by atoms with Crippen LogP contribution in [-0.2, 0) is 9.47 Å². The number of halogens is 2. The van der Waals surface area contributed by atoms with Gasteiger partial charge in [-0.2, -0.15) is 0 Å². The Morgan fingerprint density at radius 1 is 1.31 bits per heavy atom. The van der Waals surface area contributed by atoms with Gasteiger partial charge in [0.2, 0.25) is 0 Å². The SMILES string of the molecule is CCCC1CCC(C)N1c1c(F)cc(N2C[C@H](CNC(=O)OC)OC2=O)cc1F. The second kappa shape index (κ2) is 8.84. The Hall–Kier alpha value is -2.58. The van der Waals surface area contributed by atoms with Gasteiger partial charge in [-0.3, -0.25) is 4.90 Å². The second-order valence-corrected chi connectivity index (χ2v) is 7.52. The van der Waals surface area contributed by atoms with Crippen molar-refractivity contribution in [2.75, 3.05) is 30.0 Å². The van der Waals surface area contributed by atoms with Crippen LogP contribution in [0.1, 0.15) is 39.5 Å². The van der Waals surface area contributed by atoms with E-state index in [1.165, 1.54) is 19.2 Å². The quantitative estimate of drug-likeness (QED) is 0.771. The van der Waals surface area contributed by atoms with E-state index >= 15 is 0 Å². The van der Waals surface area contributed by atoms with E-state index in [9.17, 15) is 18.4 Å². The largest absolute Gasteiger partial charge is 0.453 e. The summed E-state index contributed by atoms with van der Waals surface area (Å²) in [5, 5.41) is 2.44. The number of hydrogen-bond acceptors (Lipinski definition) is 5. The van der Waals surface area contributed by atoms with E-state index in [2.05, 4.69) is 17.0 Å². The molecule has 9 heteroatoms. The number of benzene rings is 1. The van der Waals surface area contributed by atoms with Crippen molar-refractivity contribution in [3.8, 4) is 0 Å². The molecule has 1 aromatic rings. The lowest BCUT2D eigenvalue weighted by Crippen LogP contribution is -2.36. The third kappa shape index (κ3) is 4.38. The molecule has 0 aromatic heterocycles. The van der Waals surface area contributed by atoms with Crippen molar-refractivity contribution >= 4 is 23.6 Å². The third-order valence-electron chi connectivity index (χ3n) is 5.51. The minimum Gasteiger partial charge on any atom is -0.453 e. The van der Waals surface area contributed by atoms with E-state index in [-0.39, 0.29) is 36.5 Å². The van der Waals surface area contributed by atoms with Crippen LogP contribution >= 0.6 is 0 Å². The van der Waals surface area contributed by atoms with Gasteiger partial charge in [0.25, 0.3) is 0 Å². The molecule has 0 radical (unpaired) electrons. The number of nitrogens with zero attached hydrogens (tertiary/aromatic N) is 2. The topological polar surface area (TPSA) is 71.1 Å². The Labute approximate surface area is 168 Å². The van der Waals surface area contributed by atoms with Gasteiger partial charge in [-0.05, 0) is 26.2 Å². The van der Waals surface area contributed by atoms with E-state index in [1.807, 2.05) is 11.8 Å². The molecule has 2 amide bonds. The van der Waals surface area contributed by atoms with Crippen molar-refractivity contribution in [2.45, 2.75) is 57.7 Å². The monoisotopic (exact) mass is 411 g/mol. The lowest BCUT2D eigenvalue weighted by Gasteiger charge is -2.32. The second-order valence-electron chi connectivity index (χ2n) is 7.52. The first-order chi connectivity index (χ1) is 13.8. The summed E-state index contributed by atoms with van der Waals surface area (Å²) in [6, 6.07) is 2.50. The van der Waals surface area contributed by atoms with E-state index in [1.54, 1.807) is 0 Å². The van der Waals surface area contributed by atoms with Crippen LogP contribution in [0.25, 0.3) is 0 Å². The van der Waals surface area contributed by atoms with Crippen molar-refractivity contribution in [1.82, 2.24) is 5.32 Å². The van der Waals surface area contributed by atoms with Crippen LogP contribution in [0.5, 0.6) is 0 Å². The fraction of sp³-hybridized carbons (Fsp3) is 0.600. The number of amides is 2. The zero-order chi connectivity index (χ0) is 21.1. The van der Waals surface area contributed by atoms with Crippen LogP contribution in [0.15, 0.2) is 12.1 Å². The zero-order valence-corrected chi connectivity index (χ0v) is 16.9. The van der Waals surface area contributed by atoms with Crippen LogP contribution in [0.4, 0.5) is 29.7 Å². The van der Waals surface area contributed by atoms with Crippen LogP contribution < -0.4 is 15.1 Å². The van der Waals surface area contributed by atoms with Crippen LogP contribution in [-0.4, -0.2) is 50.6 Å². The van der Waals surface area contributed by atoms with Gasteiger partial charge in [0.05, 0.1) is 25.9 Å². The van der Waals surface area contributed by atoms with Crippen molar-refractivity contribution in [3.63, 3.8) is 0 Å².